The van der Waals surface area contributed by atoms with Crippen LogP contribution >= 0.6 is 0 Å². The maximum atomic E-state index is 13.7. The zero-order valence-electron chi connectivity index (χ0n) is 17.6. The summed E-state index contributed by atoms with van der Waals surface area (Å²) < 4.78 is 18.8. The van der Waals surface area contributed by atoms with Crippen LogP contribution in [0.1, 0.15) is 66.1 Å². The number of amides is 1. The fourth-order valence-electron chi connectivity index (χ4n) is 4.48. The Morgan fingerprint density at radius 2 is 2.03 bits per heavy atom. The molecule has 5 nitrogen and oxygen atoms in total. The first-order valence-electron chi connectivity index (χ1n) is 10.7. The number of hydroxylamine groups is 2. The van der Waals surface area contributed by atoms with Crippen molar-refractivity contribution in [3.63, 3.8) is 0 Å². The summed E-state index contributed by atoms with van der Waals surface area (Å²) in [6.45, 7) is 3.37. The third-order valence-electron chi connectivity index (χ3n) is 6.20. The predicted octanol–water partition coefficient (Wildman–Crippen LogP) is 4.60. The highest BCUT2D eigenvalue weighted by molar-refractivity contribution is 5.93. The molecule has 3 atom stereocenters. The van der Waals surface area contributed by atoms with Crippen molar-refractivity contribution in [1.82, 2.24) is 10.4 Å². The van der Waals surface area contributed by atoms with E-state index in [4.69, 9.17) is 9.57 Å². The Morgan fingerprint density at radius 1 is 1.23 bits per heavy atom. The highest BCUT2D eigenvalue weighted by atomic mass is 19.1. The molecule has 1 aliphatic carbocycles. The molecule has 1 amide bonds. The molecule has 2 aromatic rings. The molecule has 2 aromatic carbocycles. The number of halogens is 1. The van der Waals surface area contributed by atoms with E-state index in [2.05, 4.69) is 24.4 Å². The lowest BCUT2D eigenvalue weighted by atomic mass is 9.96. The van der Waals surface area contributed by atoms with Crippen LogP contribution in [0.15, 0.2) is 42.5 Å². The monoisotopic (exact) mass is 412 g/mol. The summed E-state index contributed by atoms with van der Waals surface area (Å²) in [6.07, 6.45) is 4.14. The van der Waals surface area contributed by atoms with Crippen molar-refractivity contribution in [3.05, 3.63) is 65.0 Å². The molecule has 1 aliphatic heterocycles. The molecule has 0 bridgehead atoms. The first-order valence-corrected chi connectivity index (χ1v) is 10.7. The second-order valence-corrected chi connectivity index (χ2v) is 8.21. The summed E-state index contributed by atoms with van der Waals surface area (Å²) >= 11 is 0. The van der Waals surface area contributed by atoms with E-state index in [9.17, 15) is 9.18 Å². The minimum Gasteiger partial charge on any atom is -0.494 e. The number of rotatable bonds is 6. The van der Waals surface area contributed by atoms with Crippen LogP contribution in [-0.2, 0) is 4.84 Å². The van der Waals surface area contributed by atoms with Gasteiger partial charge in [-0.3, -0.25) is 9.63 Å². The molecule has 30 heavy (non-hydrogen) atoms. The van der Waals surface area contributed by atoms with Gasteiger partial charge in [-0.25, -0.2) is 9.45 Å². The lowest BCUT2D eigenvalue weighted by Gasteiger charge is -2.21. The maximum absolute atomic E-state index is 13.7. The summed E-state index contributed by atoms with van der Waals surface area (Å²) in [5.41, 5.74) is 2.96. The van der Waals surface area contributed by atoms with Gasteiger partial charge in [-0.1, -0.05) is 18.2 Å². The van der Waals surface area contributed by atoms with E-state index < -0.39 is 0 Å². The van der Waals surface area contributed by atoms with Crippen LogP contribution < -0.4 is 10.1 Å². The molecule has 3 unspecified atom stereocenters. The Morgan fingerprint density at radius 3 is 2.73 bits per heavy atom. The van der Waals surface area contributed by atoms with Gasteiger partial charge in [0.2, 0.25) is 0 Å². The second-order valence-electron chi connectivity index (χ2n) is 8.21. The first-order chi connectivity index (χ1) is 14.5. The second kappa shape index (κ2) is 9.14. The summed E-state index contributed by atoms with van der Waals surface area (Å²) in [4.78, 5) is 17.8. The lowest BCUT2D eigenvalue weighted by Crippen LogP contribution is -2.29. The van der Waals surface area contributed by atoms with Crippen LogP contribution in [0.5, 0.6) is 5.75 Å². The molecule has 2 aliphatic rings. The van der Waals surface area contributed by atoms with Gasteiger partial charge in [-0.05, 0) is 73.9 Å². The predicted molar refractivity (Wildman–Crippen MR) is 113 cm³/mol. The normalized spacial score (nSPS) is 22.3. The molecule has 0 spiro atoms. The Balaban J connectivity index is 1.34. The lowest BCUT2D eigenvalue weighted by molar-refractivity contribution is -0.0768. The molecular formula is C24H29FN2O3. The number of benzene rings is 2. The van der Waals surface area contributed by atoms with Crippen LogP contribution in [0.3, 0.4) is 0 Å². The number of carbonyl (C=O) groups is 1. The third-order valence-corrected chi connectivity index (χ3v) is 6.20. The number of ether oxygens (including phenoxy) is 1. The van der Waals surface area contributed by atoms with Crippen molar-refractivity contribution < 1.29 is 18.8 Å². The van der Waals surface area contributed by atoms with Gasteiger partial charge >= 0.3 is 0 Å². The largest absolute Gasteiger partial charge is 0.494 e. The number of nitrogens with one attached hydrogen (secondary N) is 1. The molecule has 1 saturated carbocycles. The van der Waals surface area contributed by atoms with Crippen molar-refractivity contribution in [2.45, 2.75) is 50.6 Å². The summed E-state index contributed by atoms with van der Waals surface area (Å²) in [5.74, 6) is 0.352. The minimum absolute atomic E-state index is 0.0615. The van der Waals surface area contributed by atoms with Crippen LogP contribution in [0, 0.1) is 5.82 Å². The van der Waals surface area contributed by atoms with Gasteiger partial charge in [0.25, 0.3) is 5.91 Å². The van der Waals surface area contributed by atoms with Crippen molar-refractivity contribution in [1.29, 1.82) is 0 Å². The molecular weight excluding hydrogens is 383 g/mol. The molecule has 1 saturated heterocycles. The van der Waals surface area contributed by atoms with Gasteiger partial charge in [0.1, 0.15) is 0 Å². The first kappa shape index (κ1) is 20.8. The summed E-state index contributed by atoms with van der Waals surface area (Å²) in [6, 6.07) is 13.5. The average Bonchev–Trinajstić information content (AvgIpc) is 3.46. The Hall–Kier alpha value is -2.44. The van der Waals surface area contributed by atoms with Crippen molar-refractivity contribution in [3.8, 4) is 5.75 Å². The molecule has 4 rings (SSSR count). The number of hydrogen-bond donors (Lipinski definition) is 1. The molecule has 1 heterocycles. The number of methoxy groups -OCH3 is 1. The van der Waals surface area contributed by atoms with E-state index in [0.717, 1.165) is 31.2 Å². The van der Waals surface area contributed by atoms with Crippen molar-refractivity contribution >= 4 is 5.91 Å². The minimum atomic E-state index is -0.340. The summed E-state index contributed by atoms with van der Waals surface area (Å²) in [7, 11) is 1.48. The Kier molecular flexibility index (Phi) is 6.35. The van der Waals surface area contributed by atoms with E-state index in [1.165, 1.54) is 23.8 Å². The third kappa shape index (κ3) is 4.50. The Labute approximate surface area is 177 Å². The van der Waals surface area contributed by atoms with Crippen LogP contribution in [0.4, 0.5) is 4.39 Å². The quantitative estimate of drug-likeness (QED) is 0.754. The fraction of sp³-hybridized carbons (Fsp3) is 0.458. The molecule has 0 radical (unpaired) electrons. The molecule has 0 aromatic heterocycles. The van der Waals surface area contributed by atoms with Gasteiger partial charge in [-0.2, -0.15) is 0 Å². The maximum Gasteiger partial charge on any atom is 0.277 e. The smallest absolute Gasteiger partial charge is 0.277 e. The van der Waals surface area contributed by atoms with Crippen molar-refractivity contribution in [2.24, 2.45) is 0 Å². The van der Waals surface area contributed by atoms with Crippen LogP contribution in [-0.4, -0.2) is 37.3 Å². The molecule has 160 valence electrons. The average molecular weight is 413 g/mol. The van der Waals surface area contributed by atoms with Gasteiger partial charge in [0.05, 0.1) is 20.3 Å². The number of hydrogen-bond acceptors (Lipinski definition) is 4. The number of carbonyl (C=O) groups excluding carboxylic acids is 1. The molecule has 6 heteroatoms. The topological polar surface area (TPSA) is 50.8 Å². The van der Waals surface area contributed by atoms with E-state index in [1.54, 1.807) is 6.07 Å². The molecule has 2 fully saturated rings. The van der Waals surface area contributed by atoms with Gasteiger partial charge < -0.3 is 10.1 Å². The van der Waals surface area contributed by atoms with E-state index in [1.807, 2.05) is 18.2 Å². The molecule has 1 N–H and O–H groups in total. The highest BCUT2D eigenvalue weighted by Gasteiger charge is 2.28. The van der Waals surface area contributed by atoms with Gasteiger partial charge in [-0.15, -0.1) is 0 Å². The van der Waals surface area contributed by atoms with Gasteiger partial charge in [0, 0.05) is 17.6 Å². The van der Waals surface area contributed by atoms with Crippen molar-refractivity contribution in [2.75, 3.05) is 20.3 Å². The van der Waals surface area contributed by atoms with Gasteiger partial charge in [0.15, 0.2) is 11.6 Å². The summed E-state index contributed by atoms with van der Waals surface area (Å²) in [5, 5.41) is 5.13. The van der Waals surface area contributed by atoms with Crippen LogP contribution in [0.2, 0.25) is 0 Å². The highest BCUT2D eigenvalue weighted by Crippen LogP contribution is 2.36. The zero-order chi connectivity index (χ0) is 21.1. The SMILES string of the molecule is COc1cc(C(C)NC2CCC(c3ccc(C(=O)N4CCCO4)cc3)C2)ccc1F. The number of nitrogens with zero attached hydrogens (tertiary/aromatic N) is 1. The van der Waals surface area contributed by atoms with E-state index in [-0.39, 0.29) is 23.5 Å². The standard InChI is InChI=1S/C24H29FN2O3/c1-16(19-9-11-22(25)23(15-19)29-2)26-21-10-8-20(14-21)17-4-6-18(7-5-17)24(28)27-12-3-13-30-27/h4-7,9,11,15-16,20-21,26H,3,8,10,12-14H2,1-2H3. The zero-order valence-corrected chi connectivity index (χ0v) is 17.6. The van der Waals surface area contributed by atoms with Crippen LogP contribution in [0.25, 0.3) is 0 Å². The Bertz CT molecular complexity index is 881. The fourth-order valence-corrected chi connectivity index (χ4v) is 4.48. The van der Waals surface area contributed by atoms with E-state index >= 15 is 0 Å². The van der Waals surface area contributed by atoms with E-state index in [0.29, 0.717) is 30.7 Å².